The van der Waals surface area contributed by atoms with Gasteiger partial charge >= 0.3 is 5.97 Å². The SMILES string of the molecule is O=C(O)C1CCN(C(=O)c2ccc(Oc3cccc(Cl)c3Cl)nn2)CC1. The first-order valence-corrected chi connectivity index (χ1v) is 8.69. The number of piperidine rings is 1. The molecule has 0 radical (unpaired) electrons. The fraction of sp³-hybridized carbons (Fsp3) is 0.294. The Balaban J connectivity index is 1.65. The van der Waals surface area contributed by atoms with Crippen molar-refractivity contribution >= 4 is 35.1 Å². The molecule has 3 rings (SSSR count). The highest BCUT2D eigenvalue weighted by Crippen LogP contribution is 2.33. The van der Waals surface area contributed by atoms with Crippen molar-refractivity contribution in [2.24, 2.45) is 5.92 Å². The standard InChI is InChI=1S/C17H15Cl2N3O4/c18-11-2-1-3-13(15(11)19)26-14-5-4-12(20-21-14)16(23)22-8-6-10(7-9-22)17(24)25/h1-5,10H,6-9H2,(H,24,25). The van der Waals surface area contributed by atoms with E-state index in [-0.39, 0.29) is 22.5 Å². The number of carboxylic acids is 1. The summed E-state index contributed by atoms with van der Waals surface area (Å²) < 4.78 is 5.53. The highest BCUT2D eigenvalue weighted by Gasteiger charge is 2.28. The zero-order chi connectivity index (χ0) is 18.7. The molecule has 0 bridgehead atoms. The number of amides is 1. The van der Waals surface area contributed by atoms with Gasteiger partial charge in [-0.25, -0.2) is 0 Å². The number of hydrogen-bond donors (Lipinski definition) is 1. The molecule has 1 aromatic heterocycles. The van der Waals surface area contributed by atoms with E-state index in [0.29, 0.717) is 36.7 Å². The van der Waals surface area contributed by atoms with Gasteiger partial charge in [0, 0.05) is 19.2 Å². The molecule has 26 heavy (non-hydrogen) atoms. The van der Waals surface area contributed by atoms with Gasteiger partial charge in [-0.3, -0.25) is 9.59 Å². The van der Waals surface area contributed by atoms with Crippen molar-refractivity contribution < 1.29 is 19.4 Å². The number of likely N-dealkylation sites (tertiary alicyclic amines) is 1. The Kier molecular flexibility index (Phi) is 5.58. The Bertz CT molecular complexity index is 821. The molecule has 2 heterocycles. The van der Waals surface area contributed by atoms with E-state index in [1.165, 1.54) is 12.1 Å². The van der Waals surface area contributed by atoms with Crippen molar-refractivity contribution in [3.05, 3.63) is 46.1 Å². The van der Waals surface area contributed by atoms with E-state index in [1.807, 2.05) is 0 Å². The molecule has 1 N–H and O–H groups in total. The molecule has 1 aliphatic heterocycles. The number of halogens is 2. The summed E-state index contributed by atoms with van der Waals surface area (Å²) in [5, 5.41) is 17.4. The normalized spacial score (nSPS) is 14.9. The summed E-state index contributed by atoms with van der Waals surface area (Å²) in [6.07, 6.45) is 0.867. The summed E-state index contributed by atoms with van der Waals surface area (Å²) >= 11 is 12.0. The quantitative estimate of drug-likeness (QED) is 0.850. The summed E-state index contributed by atoms with van der Waals surface area (Å²) in [4.78, 5) is 25.0. The van der Waals surface area contributed by atoms with Crippen LogP contribution in [0.25, 0.3) is 0 Å². The predicted molar refractivity (Wildman–Crippen MR) is 94.8 cm³/mol. The summed E-state index contributed by atoms with van der Waals surface area (Å²) in [6, 6.07) is 7.99. The molecule has 1 aliphatic rings. The van der Waals surface area contributed by atoms with Crippen LogP contribution in [0.3, 0.4) is 0 Å². The van der Waals surface area contributed by atoms with Crippen LogP contribution in [-0.4, -0.2) is 45.2 Å². The fourth-order valence-electron chi connectivity index (χ4n) is 2.66. The zero-order valence-corrected chi connectivity index (χ0v) is 15.1. The van der Waals surface area contributed by atoms with E-state index in [2.05, 4.69) is 10.2 Å². The van der Waals surface area contributed by atoms with E-state index >= 15 is 0 Å². The molecular weight excluding hydrogens is 381 g/mol. The van der Waals surface area contributed by atoms with Crippen LogP contribution in [-0.2, 0) is 4.79 Å². The average Bonchev–Trinajstić information content (AvgIpc) is 2.65. The number of ether oxygens (including phenoxy) is 1. The summed E-state index contributed by atoms with van der Waals surface area (Å²) in [7, 11) is 0. The number of benzene rings is 1. The van der Waals surface area contributed by atoms with Crippen LogP contribution < -0.4 is 4.74 Å². The predicted octanol–water partition coefficient (Wildman–Crippen LogP) is 3.51. The second-order valence-electron chi connectivity index (χ2n) is 5.82. The molecule has 0 unspecified atom stereocenters. The van der Waals surface area contributed by atoms with Crippen LogP contribution in [0.1, 0.15) is 23.3 Å². The van der Waals surface area contributed by atoms with Gasteiger partial charge in [0.05, 0.1) is 10.9 Å². The second kappa shape index (κ2) is 7.88. The molecule has 2 aromatic rings. The van der Waals surface area contributed by atoms with Crippen molar-refractivity contribution in [2.45, 2.75) is 12.8 Å². The van der Waals surface area contributed by atoms with E-state index in [9.17, 15) is 9.59 Å². The molecule has 0 atom stereocenters. The molecule has 0 saturated carbocycles. The first-order valence-electron chi connectivity index (χ1n) is 7.93. The van der Waals surface area contributed by atoms with Gasteiger partial charge in [0.1, 0.15) is 10.8 Å². The first-order chi connectivity index (χ1) is 12.5. The van der Waals surface area contributed by atoms with Crippen molar-refractivity contribution in [2.75, 3.05) is 13.1 Å². The van der Waals surface area contributed by atoms with Crippen LogP contribution in [0, 0.1) is 5.92 Å². The lowest BCUT2D eigenvalue weighted by Gasteiger charge is -2.29. The van der Waals surface area contributed by atoms with Crippen molar-refractivity contribution in [1.82, 2.24) is 15.1 Å². The van der Waals surface area contributed by atoms with Gasteiger partial charge in [0.2, 0.25) is 5.88 Å². The van der Waals surface area contributed by atoms with Gasteiger partial charge < -0.3 is 14.7 Å². The van der Waals surface area contributed by atoms with E-state index in [1.54, 1.807) is 23.1 Å². The Labute approximate surface area is 159 Å². The molecule has 1 aromatic carbocycles. The maximum Gasteiger partial charge on any atom is 0.306 e. The maximum atomic E-state index is 12.4. The van der Waals surface area contributed by atoms with Gasteiger partial charge in [0.25, 0.3) is 5.91 Å². The molecular formula is C17H15Cl2N3O4. The monoisotopic (exact) mass is 395 g/mol. The van der Waals surface area contributed by atoms with Crippen LogP contribution in [0.2, 0.25) is 10.0 Å². The molecule has 7 nitrogen and oxygen atoms in total. The van der Waals surface area contributed by atoms with Crippen LogP contribution in [0.5, 0.6) is 11.6 Å². The summed E-state index contributed by atoms with van der Waals surface area (Å²) in [6.45, 7) is 0.766. The second-order valence-corrected chi connectivity index (χ2v) is 6.60. The van der Waals surface area contributed by atoms with Crippen molar-refractivity contribution in [1.29, 1.82) is 0 Å². The minimum atomic E-state index is -0.821. The minimum Gasteiger partial charge on any atom is -0.481 e. The third-order valence-electron chi connectivity index (χ3n) is 4.12. The topological polar surface area (TPSA) is 92.6 Å². The van der Waals surface area contributed by atoms with Crippen molar-refractivity contribution in [3.8, 4) is 11.6 Å². The van der Waals surface area contributed by atoms with E-state index in [0.717, 1.165) is 0 Å². The minimum absolute atomic E-state index is 0.170. The highest BCUT2D eigenvalue weighted by molar-refractivity contribution is 6.42. The Morgan fingerprint density at radius 2 is 1.85 bits per heavy atom. The summed E-state index contributed by atoms with van der Waals surface area (Å²) in [5.41, 5.74) is 0.170. The van der Waals surface area contributed by atoms with E-state index in [4.69, 9.17) is 33.0 Å². The van der Waals surface area contributed by atoms with Gasteiger partial charge in [0.15, 0.2) is 5.69 Å². The number of carbonyl (C=O) groups excluding carboxylic acids is 1. The largest absolute Gasteiger partial charge is 0.481 e. The maximum absolute atomic E-state index is 12.4. The number of hydrogen-bond acceptors (Lipinski definition) is 5. The lowest BCUT2D eigenvalue weighted by molar-refractivity contribution is -0.143. The number of aromatic nitrogens is 2. The number of rotatable bonds is 4. The lowest BCUT2D eigenvalue weighted by atomic mass is 9.97. The van der Waals surface area contributed by atoms with Gasteiger partial charge in [-0.15, -0.1) is 10.2 Å². The number of carbonyl (C=O) groups is 2. The molecule has 0 spiro atoms. The molecule has 1 fully saturated rings. The van der Waals surface area contributed by atoms with Gasteiger partial charge in [-0.1, -0.05) is 29.3 Å². The first kappa shape index (κ1) is 18.4. The number of carboxylic acid groups (broad SMARTS) is 1. The van der Waals surface area contributed by atoms with Crippen LogP contribution in [0.15, 0.2) is 30.3 Å². The highest BCUT2D eigenvalue weighted by atomic mass is 35.5. The molecule has 0 aliphatic carbocycles. The van der Waals surface area contributed by atoms with Crippen LogP contribution in [0.4, 0.5) is 0 Å². The third-order valence-corrected chi connectivity index (χ3v) is 4.92. The zero-order valence-electron chi connectivity index (χ0n) is 13.6. The van der Waals surface area contributed by atoms with Crippen LogP contribution >= 0.6 is 23.2 Å². The lowest BCUT2D eigenvalue weighted by Crippen LogP contribution is -2.40. The fourth-order valence-corrected chi connectivity index (χ4v) is 2.99. The Morgan fingerprint density at radius 1 is 1.12 bits per heavy atom. The van der Waals surface area contributed by atoms with E-state index < -0.39 is 11.9 Å². The number of aliphatic carboxylic acids is 1. The Morgan fingerprint density at radius 3 is 2.46 bits per heavy atom. The average molecular weight is 396 g/mol. The summed E-state index contributed by atoms with van der Waals surface area (Å²) in [5.74, 6) is -0.992. The molecule has 9 heteroatoms. The van der Waals surface area contributed by atoms with Gasteiger partial charge in [-0.2, -0.15) is 0 Å². The third kappa shape index (κ3) is 4.05. The van der Waals surface area contributed by atoms with Crippen molar-refractivity contribution in [3.63, 3.8) is 0 Å². The van der Waals surface area contributed by atoms with Gasteiger partial charge in [-0.05, 0) is 31.0 Å². The molecule has 1 saturated heterocycles. The molecule has 136 valence electrons. The molecule has 1 amide bonds. The smallest absolute Gasteiger partial charge is 0.306 e. The number of nitrogens with zero attached hydrogens (tertiary/aromatic N) is 3. The Hall–Kier alpha value is -2.38.